The summed E-state index contributed by atoms with van der Waals surface area (Å²) in [7, 11) is 0. The van der Waals surface area contributed by atoms with E-state index in [1.54, 1.807) is 32.9 Å². The van der Waals surface area contributed by atoms with Gasteiger partial charge in [-0.3, -0.25) is 9.59 Å². The van der Waals surface area contributed by atoms with E-state index >= 15 is 0 Å². The lowest BCUT2D eigenvalue weighted by Crippen LogP contribution is -2.39. The predicted molar refractivity (Wildman–Crippen MR) is 116 cm³/mol. The van der Waals surface area contributed by atoms with Crippen molar-refractivity contribution in [2.75, 3.05) is 11.9 Å². The Morgan fingerprint density at radius 2 is 1.57 bits per heavy atom. The fourth-order valence-corrected chi connectivity index (χ4v) is 2.62. The van der Waals surface area contributed by atoms with Crippen LogP contribution >= 0.6 is 0 Å². The summed E-state index contributed by atoms with van der Waals surface area (Å²) in [6, 6.07) is 15.0. The van der Waals surface area contributed by atoms with Gasteiger partial charge in [0.25, 0.3) is 0 Å². The van der Waals surface area contributed by atoms with Crippen molar-refractivity contribution in [1.82, 2.24) is 10.6 Å². The van der Waals surface area contributed by atoms with Crippen molar-refractivity contribution in [3.05, 3.63) is 65.2 Å². The molecule has 0 spiro atoms. The van der Waals surface area contributed by atoms with Crippen molar-refractivity contribution in [2.45, 2.75) is 46.3 Å². The van der Waals surface area contributed by atoms with Gasteiger partial charge < -0.3 is 20.7 Å². The van der Waals surface area contributed by atoms with E-state index in [9.17, 15) is 14.4 Å². The topological polar surface area (TPSA) is 96.5 Å². The molecule has 2 aromatic carbocycles. The third kappa shape index (κ3) is 8.34. The quantitative estimate of drug-likeness (QED) is 0.651. The number of hydrogen-bond donors (Lipinski definition) is 3. The average Bonchev–Trinajstić information content (AvgIpc) is 2.66. The molecule has 7 heteroatoms. The second kappa shape index (κ2) is 10.4. The molecule has 7 nitrogen and oxygen atoms in total. The molecule has 0 radical (unpaired) electrons. The second-order valence-corrected chi connectivity index (χ2v) is 7.98. The van der Waals surface area contributed by atoms with E-state index in [4.69, 9.17) is 4.74 Å². The molecule has 3 amide bonds. The predicted octanol–water partition coefficient (Wildman–Crippen LogP) is 3.32. The Balaban J connectivity index is 1.75. The number of aryl methyl sites for hydroxylation is 1. The van der Waals surface area contributed by atoms with Gasteiger partial charge >= 0.3 is 6.09 Å². The molecule has 0 saturated carbocycles. The van der Waals surface area contributed by atoms with Crippen molar-refractivity contribution < 1.29 is 19.1 Å². The third-order valence-corrected chi connectivity index (χ3v) is 4.13. The summed E-state index contributed by atoms with van der Waals surface area (Å²) in [6.07, 6.45) is -0.321. The van der Waals surface area contributed by atoms with Gasteiger partial charge in [0.15, 0.2) is 0 Å². The first-order valence-electron chi connectivity index (χ1n) is 9.79. The van der Waals surface area contributed by atoms with Crippen molar-refractivity contribution in [3.63, 3.8) is 0 Å². The zero-order valence-corrected chi connectivity index (χ0v) is 17.9. The van der Waals surface area contributed by atoms with E-state index < -0.39 is 11.7 Å². The first-order chi connectivity index (χ1) is 14.1. The first kappa shape index (κ1) is 22.9. The van der Waals surface area contributed by atoms with Crippen LogP contribution in [-0.2, 0) is 27.3 Å². The number of amides is 3. The number of ether oxygens (including phenoxy) is 1. The summed E-state index contributed by atoms with van der Waals surface area (Å²) in [4.78, 5) is 35.6. The average molecular weight is 412 g/mol. The Hall–Kier alpha value is -3.35. The van der Waals surface area contributed by atoms with Gasteiger partial charge in [0.2, 0.25) is 11.8 Å². The van der Waals surface area contributed by atoms with Gasteiger partial charge in [0.05, 0.1) is 6.42 Å². The molecule has 0 unspecified atom stereocenters. The molecular formula is C23H29N3O4. The van der Waals surface area contributed by atoms with Crippen LogP contribution in [0, 0.1) is 6.92 Å². The smallest absolute Gasteiger partial charge is 0.408 e. The van der Waals surface area contributed by atoms with Crippen LogP contribution in [0.2, 0.25) is 0 Å². The maximum Gasteiger partial charge on any atom is 0.408 e. The van der Waals surface area contributed by atoms with Gasteiger partial charge in [-0.15, -0.1) is 0 Å². The van der Waals surface area contributed by atoms with Gasteiger partial charge in [-0.1, -0.05) is 36.4 Å². The number of alkyl carbamates (subject to hydrolysis) is 1. The Bertz CT molecular complexity index is 886. The Morgan fingerprint density at radius 3 is 2.20 bits per heavy atom. The Morgan fingerprint density at radius 1 is 0.900 bits per heavy atom. The first-order valence-corrected chi connectivity index (χ1v) is 9.79. The highest BCUT2D eigenvalue weighted by Crippen LogP contribution is 2.12. The van der Waals surface area contributed by atoms with E-state index in [0.717, 1.165) is 16.7 Å². The largest absolute Gasteiger partial charge is 0.444 e. The van der Waals surface area contributed by atoms with E-state index in [0.29, 0.717) is 18.7 Å². The SMILES string of the molecule is Cc1ccccc1CC(=O)Nc1ccc(CNC(=O)CNC(=O)OC(C)(C)C)cc1. The standard InChI is InChI=1S/C23H29N3O4/c1-16-7-5-6-8-18(16)13-20(27)26-19-11-9-17(10-12-19)14-24-21(28)15-25-22(29)30-23(2,3)4/h5-12H,13-15H2,1-4H3,(H,24,28)(H,25,29)(H,26,27). The van der Waals surface area contributed by atoms with Gasteiger partial charge in [-0.05, 0) is 56.5 Å². The molecule has 160 valence electrons. The number of anilines is 1. The van der Waals surface area contributed by atoms with E-state index in [1.807, 2.05) is 43.3 Å². The molecule has 0 atom stereocenters. The van der Waals surface area contributed by atoms with Crippen LogP contribution < -0.4 is 16.0 Å². The van der Waals surface area contributed by atoms with E-state index in [1.165, 1.54) is 0 Å². The molecule has 0 saturated heterocycles. The monoisotopic (exact) mass is 411 g/mol. The molecule has 0 aliphatic carbocycles. The molecule has 2 aromatic rings. The third-order valence-electron chi connectivity index (χ3n) is 4.13. The van der Waals surface area contributed by atoms with Crippen LogP contribution in [0.1, 0.15) is 37.5 Å². The fourth-order valence-electron chi connectivity index (χ4n) is 2.62. The van der Waals surface area contributed by atoms with Crippen molar-refractivity contribution in [3.8, 4) is 0 Å². The number of hydrogen-bond acceptors (Lipinski definition) is 4. The van der Waals surface area contributed by atoms with Crippen LogP contribution in [-0.4, -0.2) is 30.1 Å². The molecule has 3 N–H and O–H groups in total. The molecule has 0 bridgehead atoms. The van der Waals surface area contributed by atoms with Crippen LogP contribution in [0.4, 0.5) is 10.5 Å². The molecule has 0 aromatic heterocycles. The number of carbonyl (C=O) groups is 3. The summed E-state index contributed by atoms with van der Waals surface area (Å²) in [5, 5.41) is 8.00. The van der Waals surface area contributed by atoms with Crippen LogP contribution in [0.5, 0.6) is 0 Å². The van der Waals surface area contributed by atoms with Crippen LogP contribution in [0.25, 0.3) is 0 Å². The van der Waals surface area contributed by atoms with E-state index in [-0.39, 0.29) is 18.4 Å². The second-order valence-electron chi connectivity index (χ2n) is 7.98. The highest BCUT2D eigenvalue weighted by molar-refractivity contribution is 5.92. The zero-order chi connectivity index (χ0) is 22.1. The zero-order valence-electron chi connectivity index (χ0n) is 17.9. The van der Waals surface area contributed by atoms with Gasteiger partial charge in [-0.2, -0.15) is 0 Å². The van der Waals surface area contributed by atoms with Crippen molar-refractivity contribution >= 4 is 23.6 Å². The summed E-state index contributed by atoms with van der Waals surface area (Å²) in [5.41, 5.74) is 3.03. The van der Waals surface area contributed by atoms with Crippen molar-refractivity contribution in [2.24, 2.45) is 0 Å². The number of carbonyl (C=O) groups excluding carboxylic acids is 3. The highest BCUT2D eigenvalue weighted by atomic mass is 16.6. The number of rotatable bonds is 7. The molecule has 0 fully saturated rings. The van der Waals surface area contributed by atoms with Crippen molar-refractivity contribution in [1.29, 1.82) is 0 Å². The minimum atomic E-state index is -0.636. The Labute approximate surface area is 177 Å². The molecule has 0 aliphatic heterocycles. The summed E-state index contributed by atoms with van der Waals surface area (Å²) in [6.45, 7) is 7.38. The van der Waals surface area contributed by atoms with E-state index in [2.05, 4.69) is 16.0 Å². The molecular weight excluding hydrogens is 382 g/mol. The lowest BCUT2D eigenvalue weighted by molar-refractivity contribution is -0.120. The van der Waals surface area contributed by atoms with Crippen LogP contribution in [0.3, 0.4) is 0 Å². The fraction of sp³-hybridized carbons (Fsp3) is 0.348. The maximum absolute atomic E-state index is 12.2. The van der Waals surface area contributed by atoms with Crippen LogP contribution in [0.15, 0.2) is 48.5 Å². The minimum absolute atomic E-state index is 0.0847. The molecule has 0 aliphatic rings. The molecule has 0 heterocycles. The number of nitrogens with one attached hydrogen (secondary N) is 3. The number of benzene rings is 2. The normalized spacial score (nSPS) is 10.8. The lowest BCUT2D eigenvalue weighted by atomic mass is 10.1. The Kier molecular flexibility index (Phi) is 7.98. The lowest BCUT2D eigenvalue weighted by Gasteiger charge is -2.19. The molecule has 2 rings (SSSR count). The van der Waals surface area contributed by atoms with Gasteiger partial charge in [0.1, 0.15) is 12.1 Å². The molecule has 30 heavy (non-hydrogen) atoms. The van der Waals surface area contributed by atoms with Gasteiger partial charge in [0, 0.05) is 12.2 Å². The maximum atomic E-state index is 12.2. The highest BCUT2D eigenvalue weighted by Gasteiger charge is 2.16. The summed E-state index contributed by atoms with van der Waals surface area (Å²) < 4.78 is 5.08. The summed E-state index contributed by atoms with van der Waals surface area (Å²) in [5.74, 6) is -0.407. The van der Waals surface area contributed by atoms with Gasteiger partial charge in [-0.25, -0.2) is 4.79 Å². The summed E-state index contributed by atoms with van der Waals surface area (Å²) >= 11 is 0. The minimum Gasteiger partial charge on any atom is -0.444 e.